The molecule has 0 aliphatic carbocycles. The lowest BCUT2D eigenvalue weighted by atomic mass is 10.0. The lowest BCUT2D eigenvalue weighted by Gasteiger charge is -2.17. The van der Waals surface area contributed by atoms with Gasteiger partial charge in [0.1, 0.15) is 6.04 Å². The third-order valence-corrected chi connectivity index (χ3v) is 3.62. The molecule has 0 radical (unpaired) electrons. The number of nitrogens with one attached hydrogen (secondary N) is 1. The SMILES string of the molecule is CC(C)C(=O)N[C@@H](Cc1ccccc1I)C(N)=O. The zero-order chi connectivity index (χ0) is 13.7. The van der Waals surface area contributed by atoms with Crippen LogP contribution < -0.4 is 11.1 Å². The van der Waals surface area contributed by atoms with Gasteiger partial charge in [0.2, 0.25) is 11.8 Å². The number of hydrogen-bond donors (Lipinski definition) is 2. The van der Waals surface area contributed by atoms with E-state index in [0.717, 1.165) is 9.13 Å². The molecule has 2 amide bonds. The summed E-state index contributed by atoms with van der Waals surface area (Å²) in [6, 6.07) is 7.06. The van der Waals surface area contributed by atoms with Crippen molar-refractivity contribution in [3.05, 3.63) is 33.4 Å². The number of nitrogens with two attached hydrogens (primary N) is 1. The van der Waals surface area contributed by atoms with Gasteiger partial charge in [-0.3, -0.25) is 9.59 Å². The summed E-state index contributed by atoms with van der Waals surface area (Å²) >= 11 is 2.20. The molecule has 0 aliphatic rings. The number of hydrogen-bond acceptors (Lipinski definition) is 2. The summed E-state index contributed by atoms with van der Waals surface area (Å²) in [7, 11) is 0. The molecular weight excluding hydrogens is 343 g/mol. The largest absolute Gasteiger partial charge is 0.368 e. The minimum atomic E-state index is -0.657. The highest BCUT2D eigenvalue weighted by Crippen LogP contribution is 2.13. The molecule has 3 N–H and O–H groups in total. The molecule has 18 heavy (non-hydrogen) atoms. The predicted molar refractivity (Wildman–Crippen MR) is 78.8 cm³/mol. The lowest BCUT2D eigenvalue weighted by molar-refractivity contribution is -0.129. The summed E-state index contributed by atoms with van der Waals surface area (Å²) in [5, 5.41) is 2.67. The highest BCUT2D eigenvalue weighted by atomic mass is 127. The molecule has 1 aromatic carbocycles. The van der Waals surface area contributed by atoms with Gasteiger partial charge in [-0.15, -0.1) is 0 Å². The van der Waals surface area contributed by atoms with E-state index < -0.39 is 11.9 Å². The summed E-state index contributed by atoms with van der Waals surface area (Å²) in [6.45, 7) is 3.55. The van der Waals surface area contributed by atoms with Gasteiger partial charge in [0.05, 0.1) is 0 Å². The monoisotopic (exact) mass is 360 g/mol. The van der Waals surface area contributed by atoms with E-state index in [4.69, 9.17) is 5.73 Å². The molecule has 1 aromatic rings. The number of rotatable bonds is 5. The van der Waals surface area contributed by atoms with Gasteiger partial charge in [0.15, 0.2) is 0 Å². The molecular formula is C13H17IN2O2. The van der Waals surface area contributed by atoms with Gasteiger partial charge < -0.3 is 11.1 Å². The second-order valence-electron chi connectivity index (χ2n) is 4.41. The highest BCUT2D eigenvalue weighted by molar-refractivity contribution is 14.1. The van der Waals surface area contributed by atoms with E-state index in [2.05, 4.69) is 27.9 Å². The molecule has 98 valence electrons. The normalized spacial score (nSPS) is 12.2. The topological polar surface area (TPSA) is 72.2 Å². The molecule has 5 heteroatoms. The van der Waals surface area contributed by atoms with Crippen LogP contribution in [-0.4, -0.2) is 17.9 Å². The quantitative estimate of drug-likeness (QED) is 0.781. The number of carbonyl (C=O) groups excluding carboxylic acids is 2. The van der Waals surface area contributed by atoms with Crippen LogP contribution in [0.2, 0.25) is 0 Å². The zero-order valence-corrected chi connectivity index (χ0v) is 12.6. The number of halogens is 1. The van der Waals surface area contributed by atoms with Crippen molar-refractivity contribution in [3.8, 4) is 0 Å². The molecule has 0 bridgehead atoms. The third-order valence-electron chi connectivity index (χ3n) is 2.57. The van der Waals surface area contributed by atoms with Crippen molar-refractivity contribution < 1.29 is 9.59 Å². The summed E-state index contributed by atoms with van der Waals surface area (Å²) in [4.78, 5) is 23.0. The molecule has 0 saturated heterocycles. The van der Waals surface area contributed by atoms with Gasteiger partial charge in [0.25, 0.3) is 0 Å². The van der Waals surface area contributed by atoms with E-state index in [1.807, 2.05) is 24.3 Å². The van der Waals surface area contributed by atoms with Gasteiger partial charge in [0, 0.05) is 15.9 Å². The lowest BCUT2D eigenvalue weighted by Crippen LogP contribution is -2.47. The van der Waals surface area contributed by atoms with Crippen LogP contribution in [0.4, 0.5) is 0 Å². The van der Waals surface area contributed by atoms with Crippen LogP contribution in [0.1, 0.15) is 19.4 Å². The Morgan fingerprint density at radius 2 is 1.94 bits per heavy atom. The molecule has 1 atom stereocenters. The summed E-state index contributed by atoms with van der Waals surface area (Å²) in [5.41, 5.74) is 6.33. The molecule has 0 fully saturated rings. The Kier molecular flexibility index (Phi) is 5.58. The second kappa shape index (κ2) is 6.72. The van der Waals surface area contributed by atoms with Crippen LogP contribution >= 0.6 is 22.6 Å². The molecule has 0 spiro atoms. The predicted octanol–water partition coefficient (Wildman–Crippen LogP) is 1.46. The average molecular weight is 360 g/mol. The number of carbonyl (C=O) groups is 2. The van der Waals surface area contributed by atoms with Crippen LogP contribution in [0.3, 0.4) is 0 Å². The Bertz CT molecular complexity index is 446. The molecule has 4 nitrogen and oxygen atoms in total. The van der Waals surface area contributed by atoms with Crippen molar-refractivity contribution in [2.24, 2.45) is 11.7 Å². The van der Waals surface area contributed by atoms with Crippen molar-refractivity contribution in [3.63, 3.8) is 0 Å². The fourth-order valence-corrected chi connectivity index (χ4v) is 2.05. The average Bonchev–Trinajstić information content (AvgIpc) is 2.30. The zero-order valence-electron chi connectivity index (χ0n) is 10.4. The van der Waals surface area contributed by atoms with E-state index in [1.54, 1.807) is 13.8 Å². The van der Waals surface area contributed by atoms with Crippen LogP contribution in [0.15, 0.2) is 24.3 Å². The third kappa shape index (κ3) is 4.29. The fourth-order valence-electron chi connectivity index (χ4n) is 1.44. The first-order chi connectivity index (χ1) is 8.41. The number of amides is 2. The molecule has 0 aromatic heterocycles. The summed E-state index contributed by atoms with van der Waals surface area (Å²) in [6.07, 6.45) is 0.424. The van der Waals surface area contributed by atoms with E-state index >= 15 is 0 Å². The van der Waals surface area contributed by atoms with Gasteiger partial charge in [-0.25, -0.2) is 0 Å². The Labute approximate surface area is 120 Å². The molecule has 0 saturated carbocycles. The van der Waals surface area contributed by atoms with Crippen molar-refractivity contribution in [2.45, 2.75) is 26.3 Å². The van der Waals surface area contributed by atoms with Crippen LogP contribution in [-0.2, 0) is 16.0 Å². The van der Waals surface area contributed by atoms with E-state index in [0.29, 0.717) is 6.42 Å². The summed E-state index contributed by atoms with van der Waals surface area (Å²) in [5.74, 6) is -0.838. The molecule has 0 unspecified atom stereocenters. The summed E-state index contributed by atoms with van der Waals surface area (Å²) < 4.78 is 1.06. The maximum Gasteiger partial charge on any atom is 0.240 e. The van der Waals surface area contributed by atoms with E-state index in [1.165, 1.54) is 0 Å². The van der Waals surface area contributed by atoms with Crippen LogP contribution in [0.5, 0.6) is 0 Å². The Balaban J connectivity index is 2.79. The van der Waals surface area contributed by atoms with Crippen LogP contribution in [0.25, 0.3) is 0 Å². The maximum atomic E-state index is 11.6. The maximum absolute atomic E-state index is 11.6. The van der Waals surface area contributed by atoms with Gasteiger partial charge in [-0.05, 0) is 34.2 Å². The second-order valence-corrected chi connectivity index (χ2v) is 5.58. The smallest absolute Gasteiger partial charge is 0.240 e. The standard InChI is InChI=1S/C13H17IN2O2/c1-8(2)13(18)16-11(12(15)17)7-9-5-3-4-6-10(9)14/h3-6,8,11H,7H2,1-2H3,(H2,15,17)(H,16,18)/t11-/m0/s1. The minimum Gasteiger partial charge on any atom is -0.368 e. The van der Waals surface area contributed by atoms with Gasteiger partial charge in [-0.1, -0.05) is 32.0 Å². The first-order valence-electron chi connectivity index (χ1n) is 5.75. The van der Waals surface area contributed by atoms with E-state index in [-0.39, 0.29) is 11.8 Å². The first-order valence-corrected chi connectivity index (χ1v) is 6.82. The van der Waals surface area contributed by atoms with Gasteiger partial charge >= 0.3 is 0 Å². The number of primary amides is 1. The number of benzene rings is 1. The Morgan fingerprint density at radius 3 is 2.44 bits per heavy atom. The molecule has 1 rings (SSSR count). The fraction of sp³-hybridized carbons (Fsp3) is 0.385. The van der Waals surface area contributed by atoms with Crippen molar-refractivity contribution in [2.75, 3.05) is 0 Å². The van der Waals surface area contributed by atoms with Crippen molar-refractivity contribution >= 4 is 34.4 Å². The molecule has 0 heterocycles. The highest BCUT2D eigenvalue weighted by Gasteiger charge is 2.20. The van der Waals surface area contributed by atoms with E-state index in [9.17, 15) is 9.59 Å². The van der Waals surface area contributed by atoms with Crippen molar-refractivity contribution in [1.29, 1.82) is 0 Å². The minimum absolute atomic E-state index is 0.162. The molecule has 0 aliphatic heterocycles. The van der Waals surface area contributed by atoms with Gasteiger partial charge in [-0.2, -0.15) is 0 Å². The van der Waals surface area contributed by atoms with Crippen LogP contribution in [0, 0.1) is 9.49 Å². The van der Waals surface area contributed by atoms with Crippen molar-refractivity contribution in [1.82, 2.24) is 5.32 Å². The Hall–Kier alpha value is -1.11. The first kappa shape index (κ1) is 14.9. The Morgan fingerprint density at radius 1 is 1.33 bits per heavy atom.